The number of rotatable bonds is 1. The third-order valence-corrected chi connectivity index (χ3v) is 4.12. The van der Waals surface area contributed by atoms with Crippen LogP contribution in [0.1, 0.15) is 35.2 Å². The Morgan fingerprint density at radius 1 is 1.13 bits per heavy atom. The second-order valence-corrected chi connectivity index (χ2v) is 5.53. The number of anilines is 1. The smallest absolute Gasteiger partial charge is 0.383 e. The van der Waals surface area contributed by atoms with Crippen LogP contribution in [0.15, 0.2) is 24.3 Å². The Kier molecular flexibility index (Phi) is 3.72. The fraction of sp³-hybridized carbons (Fsp3) is 0.294. The summed E-state index contributed by atoms with van der Waals surface area (Å²) in [7, 11) is 0. The van der Waals surface area contributed by atoms with Gasteiger partial charge in [0.25, 0.3) is 0 Å². The number of aromatic nitrogens is 1. The summed E-state index contributed by atoms with van der Waals surface area (Å²) in [6.07, 6.45) is -1.43. The highest BCUT2D eigenvalue weighted by atomic mass is 19.4. The molecule has 0 amide bonds. The zero-order valence-corrected chi connectivity index (χ0v) is 12.2. The molecule has 23 heavy (non-hydrogen) atoms. The van der Waals surface area contributed by atoms with E-state index in [2.05, 4.69) is 4.98 Å². The standard InChI is InChI=1S/C17H14F3N3/c18-17(19,20)13-7-3-1-5-10(13)15-11-6-2-4-8-14(11)23-16(22)12(15)9-21/h1,3,5,7H,2,4,6,8H2,(H2,22,23). The van der Waals surface area contributed by atoms with Crippen LogP contribution in [0.3, 0.4) is 0 Å². The maximum atomic E-state index is 13.4. The van der Waals surface area contributed by atoms with Crippen LogP contribution in [0.2, 0.25) is 0 Å². The molecule has 0 atom stereocenters. The van der Waals surface area contributed by atoms with Crippen molar-refractivity contribution < 1.29 is 13.2 Å². The van der Waals surface area contributed by atoms with Crippen molar-refractivity contribution >= 4 is 5.82 Å². The van der Waals surface area contributed by atoms with E-state index in [1.165, 1.54) is 18.2 Å². The summed E-state index contributed by atoms with van der Waals surface area (Å²) in [6.45, 7) is 0. The van der Waals surface area contributed by atoms with Gasteiger partial charge in [0.05, 0.1) is 5.56 Å². The van der Waals surface area contributed by atoms with Crippen LogP contribution in [0.4, 0.5) is 19.0 Å². The molecule has 2 N–H and O–H groups in total. The Balaban J connectivity index is 2.37. The third-order valence-electron chi connectivity index (χ3n) is 4.12. The highest BCUT2D eigenvalue weighted by Gasteiger charge is 2.35. The number of nitriles is 1. The van der Waals surface area contributed by atoms with E-state index >= 15 is 0 Å². The molecule has 0 spiro atoms. The van der Waals surface area contributed by atoms with Gasteiger partial charge in [-0.25, -0.2) is 4.98 Å². The van der Waals surface area contributed by atoms with E-state index in [1.54, 1.807) is 0 Å². The second kappa shape index (κ2) is 5.58. The van der Waals surface area contributed by atoms with Crippen molar-refractivity contribution in [3.63, 3.8) is 0 Å². The maximum absolute atomic E-state index is 13.4. The molecule has 2 aromatic rings. The molecular weight excluding hydrogens is 303 g/mol. The van der Waals surface area contributed by atoms with Crippen LogP contribution in [-0.2, 0) is 19.0 Å². The van der Waals surface area contributed by atoms with E-state index in [9.17, 15) is 18.4 Å². The topological polar surface area (TPSA) is 62.7 Å². The molecule has 0 bridgehead atoms. The molecule has 0 unspecified atom stereocenters. The van der Waals surface area contributed by atoms with Crippen LogP contribution in [0, 0.1) is 11.3 Å². The van der Waals surface area contributed by atoms with Crippen molar-refractivity contribution in [3.05, 3.63) is 46.6 Å². The van der Waals surface area contributed by atoms with Gasteiger partial charge in [-0.2, -0.15) is 18.4 Å². The fourth-order valence-electron chi connectivity index (χ4n) is 3.12. The van der Waals surface area contributed by atoms with Crippen LogP contribution in [0.25, 0.3) is 11.1 Å². The molecule has 1 aliphatic carbocycles. The highest BCUT2D eigenvalue weighted by Crippen LogP contribution is 2.42. The first-order valence-electron chi connectivity index (χ1n) is 7.31. The number of halogens is 3. The predicted molar refractivity (Wildman–Crippen MR) is 80.4 cm³/mol. The minimum atomic E-state index is -4.50. The molecule has 0 aliphatic heterocycles. The molecule has 1 aromatic carbocycles. The second-order valence-electron chi connectivity index (χ2n) is 5.53. The number of benzene rings is 1. The van der Waals surface area contributed by atoms with E-state index in [4.69, 9.17) is 5.73 Å². The SMILES string of the molecule is N#Cc1c(N)nc2c(c1-c1ccccc1C(F)(F)F)CCCC2. The number of aryl methyl sites for hydroxylation is 1. The Morgan fingerprint density at radius 2 is 1.83 bits per heavy atom. The largest absolute Gasteiger partial charge is 0.417 e. The third kappa shape index (κ3) is 2.63. The number of fused-ring (bicyclic) bond motifs is 1. The highest BCUT2D eigenvalue weighted by molar-refractivity contribution is 5.81. The monoisotopic (exact) mass is 317 g/mol. The van der Waals surface area contributed by atoms with Gasteiger partial charge in [0.2, 0.25) is 0 Å². The van der Waals surface area contributed by atoms with Gasteiger partial charge in [0.1, 0.15) is 17.5 Å². The van der Waals surface area contributed by atoms with Crippen LogP contribution >= 0.6 is 0 Å². The summed E-state index contributed by atoms with van der Waals surface area (Å²) in [4.78, 5) is 4.24. The first kappa shape index (κ1) is 15.3. The van der Waals surface area contributed by atoms with Gasteiger partial charge in [-0.15, -0.1) is 0 Å². The lowest BCUT2D eigenvalue weighted by Gasteiger charge is -2.22. The molecular formula is C17H14F3N3. The number of alkyl halides is 3. The van der Waals surface area contributed by atoms with Gasteiger partial charge >= 0.3 is 6.18 Å². The summed E-state index contributed by atoms with van der Waals surface area (Å²) >= 11 is 0. The van der Waals surface area contributed by atoms with Crippen molar-refractivity contribution in [3.8, 4) is 17.2 Å². The number of hydrogen-bond acceptors (Lipinski definition) is 3. The maximum Gasteiger partial charge on any atom is 0.417 e. The van der Waals surface area contributed by atoms with Gasteiger partial charge in [-0.1, -0.05) is 18.2 Å². The lowest BCUT2D eigenvalue weighted by atomic mass is 9.85. The lowest BCUT2D eigenvalue weighted by Crippen LogP contribution is -2.14. The lowest BCUT2D eigenvalue weighted by molar-refractivity contribution is -0.137. The molecule has 6 heteroatoms. The fourth-order valence-corrected chi connectivity index (χ4v) is 3.12. The molecule has 3 nitrogen and oxygen atoms in total. The number of hydrogen-bond donors (Lipinski definition) is 1. The summed E-state index contributed by atoms with van der Waals surface area (Å²) in [6, 6.07) is 7.24. The van der Waals surface area contributed by atoms with E-state index in [1.807, 2.05) is 6.07 Å². The number of pyridine rings is 1. The van der Waals surface area contributed by atoms with Gasteiger partial charge in [0.15, 0.2) is 0 Å². The van der Waals surface area contributed by atoms with Crippen molar-refractivity contribution in [2.75, 3.05) is 5.73 Å². The van der Waals surface area contributed by atoms with Crippen molar-refractivity contribution in [1.29, 1.82) is 5.26 Å². The zero-order chi connectivity index (χ0) is 16.6. The normalized spacial score (nSPS) is 14.2. The van der Waals surface area contributed by atoms with Crippen LogP contribution < -0.4 is 5.73 Å². The molecule has 1 aromatic heterocycles. The molecule has 0 saturated heterocycles. The molecule has 0 radical (unpaired) electrons. The summed E-state index contributed by atoms with van der Waals surface area (Å²) in [5.74, 6) is 0.000118. The Bertz CT molecular complexity index is 804. The number of nitrogens with two attached hydrogens (primary N) is 1. The minimum Gasteiger partial charge on any atom is -0.383 e. The first-order valence-corrected chi connectivity index (χ1v) is 7.31. The average Bonchev–Trinajstić information content (AvgIpc) is 2.52. The number of nitrogens with zero attached hydrogens (tertiary/aromatic N) is 2. The Morgan fingerprint density at radius 3 is 2.52 bits per heavy atom. The van der Waals surface area contributed by atoms with Crippen LogP contribution in [0.5, 0.6) is 0 Å². The van der Waals surface area contributed by atoms with Crippen molar-refractivity contribution in [2.24, 2.45) is 0 Å². The Hall–Kier alpha value is -2.55. The Labute approximate surface area is 131 Å². The molecule has 0 saturated carbocycles. The summed E-state index contributed by atoms with van der Waals surface area (Å²) in [5.41, 5.74) is 6.84. The molecule has 1 heterocycles. The molecule has 118 valence electrons. The summed E-state index contributed by atoms with van der Waals surface area (Å²) in [5, 5.41) is 9.40. The summed E-state index contributed by atoms with van der Waals surface area (Å²) < 4.78 is 40.1. The van der Waals surface area contributed by atoms with Gasteiger partial charge in [-0.3, -0.25) is 0 Å². The molecule has 1 aliphatic rings. The van der Waals surface area contributed by atoms with Crippen LogP contribution in [-0.4, -0.2) is 4.98 Å². The zero-order valence-electron chi connectivity index (χ0n) is 12.2. The van der Waals surface area contributed by atoms with Crippen molar-refractivity contribution in [1.82, 2.24) is 4.98 Å². The predicted octanol–water partition coefficient (Wildman–Crippen LogP) is 4.10. The molecule has 3 rings (SSSR count). The van der Waals surface area contributed by atoms with Gasteiger partial charge in [-0.05, 0) is 42.9 Å². The minimum absolute atomic E-state index is 0.000118. The van der Waals surface area contributed by atoms with E-state index in [0.29, 0.717) is 24.1 Å². The van der Waals surface area contributed by atoms with E-state index in [-0.39, 0.29) is 16.9 Å². The molecule has 0 fully saturated rings. The van der Waals surface area contributed by atoms with E-state index < -0.39 is 11.7 Å². The first-order chi connectivity index (χ1) is 10.9. The van der Waals surface area contributed by atoms with Gasteiger partial charge < -0.3 is 5.73 Å². The van der Waals surface area contributed by atoms with Gasteiger partial charge in [0, 0.05) is 11.3 Å². The average molecular weight is 317 g/mol. The van der Waals surface area contributed by atoms with E-state index in [0.717, 1.165) is 24.5 Å². The quantitative estimate of drug-likeness (QED) is 0.861. The number of nitrogen functional groups attached to an aromatic ring is 1. The van der Waals surface area contributed by atoms with Crippen molar-refractivity contribution in [2.45, 2.75) is 31.9 Å².